The summed E-state index contributed by atoms with van der Waals surface area (Å²) in [6.07, 6.45) is 3.64. The maximum atomic E-state index is 12.2. The number of anilines is 1. The quantitative estimate of drug-likeness (QED) is 0.686. The van der Waals surface area contributed by atoms with Gasteiger partial charge >= 0.3 is 0 Å². The van der Waals surface area contributed by atoms with Crippen molar-refractivity contribution in [3.05, 3.63) is 76.5 Å². The number of likely N-dealkylation sites (N-methyl/N-ethyl adjacent to an activating group) is 1. The lowest BCUT2D eigenvalue weighted by atomic mass is 10.2. The van der Waals surface area contributed by atoms with Crippen LogP contribution in [0.1, 0.15) is 5.56 Å². The molecule has 134 valence electrons. The number of hydrogen-bond acceptors (Lipinski definition) is 3. The monoisotopic (exact) mass is 388 g/mol. The predicted molar refractivity (Wildman–Crippen MR) is 105 cm³/mol. The van der Waals surface area contributed by atoms with Gasteiger partial charge in [-0.3, -0.25) is 9.69 Å². The van der Waals surface area contributed by atoms with Crippen LogP contribution in [-0.2, 0) is 11.3 Å². The van der Waals surface area contributed by atoms with Gasteiger partial charge in [0.25, 0.3) is 0 Å². The molecule has 3 rings (SSSR count). The molecule has 2 aromatic carbocycles. The van der Waals surface area contributed by atoms with Crippen LogP contribution < -0.4 is 5.32 Å². The van der Waals surface area contributed by atoms with Gasteiger partial charge in [0, 0.05) is 18.9 Å². The predicted octanol–water partition coefficient (Wildman–Crippen LogP) is 4.25. The molecule has 3 aromatic rings. The molecule has 7 heteroatoms. The molecule has 0 aliphatic carbocycles. The maximum absolute atomic E-state index is 12.2. The number of rotatable bonds is 6. The van der Waals surface area contributed by atoms with E-state index in [0.29, 0.717) is 22.3 Å². The summed E-state index contributed by atoms with van der Waals surface area (Å²) in [6, 6.07) is 15.0. The molecule has 1 aromatic heterocycles. The van der Waals surface area contributed by atoms with Gasteiger partial charge in [0.05, 0.1) is 28.0 Å². The highest BCUT2D eigenvalue weighted by Gasteiger charge is 2.12. The van der Waals surface area contributed by atoms with Crippen molar-refractivity contribution in [2.24, 2.45) is 0 Å². The van der Waals surface area contributed by atoms with Gasteiger partial charge in [-0.05, 0) is 42.9 Å². The summed E-state index contributed by atoms with van der Waals surface area (Å²) < 4.78 is 1.80. The maximum Gasteiger partial charge on any atom is 0.238 e. The standard InChI is InChI=1S/C19H18Cl2N4O/c1-24(13-18(26)23-19-16(20)4-2-5-17(19)21)12-14-6-8-15(9-7-14)25-11-3-10-22-25/h2-11H,12-13H2,1H3,(H,23,26). The Balaban J connectivity index is 1.56. The normalized spacial score (nSPS) is 10.9. The van der Waals surface area contributed by atoms with Gasteiger partial charge < -0.3 is 5.32 Å². The number of carbonyl (C=O) groups excluding carboxylic acids is 1. The van der Waals surface area contributed by atoms with E-state index in [2.05, 4.69) is 10.4 Å². The molecular formula is C19H18Cl2N4O. The molecule has 26 heavy (non-hydrogen) atoms. The number of nitrogens with zero attached hydrogens (tertiary/aromatic N) is 3. The summed E-state index contributed by atoms with van der Waals surface area (Å²) in [4.78, 5) is 14.2. The van der Waals surface area contributed by atoms with Crippen LogP contribution in [-0.4, -0.2) is 34.2 Å². The van der Waals surface area contributed by atoms with E-state index in [-0.39, 0.29) is 12.5 Å². The van der Waals surface area contributed by atoms with E-state index >= 15 is 0 Å². The molecule has 1 N–H and O–H groups in total. The molecule has 1 heterocycles. The van der Waals surface area contributed by atoms with Crippen molar-refractivity contribution in [3.63, 3.8) is 0 Å². The number of amides is 1. The molecular weight excluding hydrogens is 371 g/mol. The molecule has 0 atom stereocenters. The van der Waals surface area contributed by atoms with Gasteiger partial charge in [-0.15, -0.1) is 0 Å². The van der Waals surface area contributed by atoms with Crippen molar-refractivity contribution in [3.8, 4) is 5.69 Å². The molecule has 0 bridgehead atoms. The Labute approximate surface area is 162 Å². The largest absolute Gasteiger partial charge is 0.322 e. The van der Waals surface area contributed by atoms with Crippen molar-refractivity contribution in [2.75, 3.05) is 18.9 Å². The lowest BCUT2D eigenvalue weighted by molar-refractivity contribution is -0.117. The summed E-state index contributed by atoms with van der Waals surface area (Å²) in [5.74, 6) is -0.171. The third-order valence-corrected chi connectivity index (χ3v) is 4.43. The van der Waals surface area contributed by atoms with E-state index in [1.54, 1.807) is 29.1 Å². The van der Waals surface area contributed by atoms with E-state index in [4.69, 9.17) is 23.2 Å². The van der Waals surface area contributed by atoms with Crippen LogP contribution in [0.3, 0.4) is 0 Å². The Morgan fingerprint density at radius 2 is 1.81 bits per heavy atom. The number of para-hydroxylation sites is 1. The van der Waals surface area contributed by atoms with Crippen molar-refractivity contribution in [1.29, 1.82) is 0 Å². The molecule has 1 amide bonds. The van der Waals surface area contributed by atoms with Crippen molar-refractivity contribution >= 4 is 34.8 Å². The summed E-state index contributed by atoms with van der Waals surface area (Å²) in [7, 11) is 1.88. The lowest BCUT2D eigenvalue weighted by Crippen LogP contribution is -2.30. The van der Waals surface area contributed by atoms with Gasteiger partial charge in [0.15, 0.2) is 0 Å². The third kappa shape index (κ3) is 4.64. The second kappa shape index (κ2) is 8.36. The Morgan fingerprint density at radius 3 is 2.42 bits per heavy atom. The lowest BCUT2D eigenvalue weighted by Gasteiger charge is -2.17. The van der Waals surface area contributed by atoms with E-state index in [9.17, 15) is 4.79 Å². The Kier molecular flexibility index (Phi) is 5.93. The van der Waals surface area contributed by atoms with Crippen molar-refractivity contribution in [1.82, 2.24) is 14.7 Å². The van der Waals surface area contributed by atoms with Crippen LogP contribution in [0.2, 0.25) is 10.0 Å². The average molecular weight is 389 g/mol. The minimum Gasteiger partial charge on any atom is -0.322 e. The van der Waals surface area contributed by atoms with Gasteiger partial charge in [-0.1, -0.05) is 41.4 Å². The van der Waals surface area contributed by atoms with Gasteiger partial charge in [0.2, 0.25) is 5.91 Å². The topological polar surface area (TPSA) is 50.2 Å². The Morgan fingerprint density at radius 1 is 1.12 bits per heavy atom. The molecule has 0 fully saturated rings. The highest BCUT2D eigenvalue weighted by Crippen LogP contribution is 2.29. The number of aromatic nitrogens is 2. The van der Waals surface area contributed by atoms with Gasteiger partial charge in [-0.25, -0.2) is 4.68 Å². The van der Waals surface area contributed by atoms with Gasteiger partial charge in [0.1, 0.15) is 0 Å². The second-order valence-electron chi connectivity index (χ2n) is 5.93. The number of nitrogens with one attached hydrogen (secondary N) is 1. The van der Waals surface area contributed by atoms with E-state index < -0.39 is 0 Å². The Hall–Kier alpha value is -2.34. The van der Waals surface area contributed by atoms with Crippen LogP contribution in [0.5, 0.6) is 0 Å². The summed E-state index contributed by atoms with van der Waals surface area (Å²) in [6.45, 7) is 0.867. The molecule has 0 aliphatic heterocycles. The minimum absolute atomic E-state index is 0.171. The van der Waals surface area contributed by atoms with E-state index in [1.807, 2.05) is 48.5 Å². The fourth-order valence-electron chi connectivity index (χ4n) is 2.58. The first kappa shape index (κ1) is 18.5. The number of benzene rings is 2. The zero-order valence-corrected chi connectivity index (χ0v) is 15.7. The Bertz CT molecular complexity index is 859. The first-order valence-electron chi connectivity index (χ1n) is 8.04. The number of carbonyl (C=O) groups is 1. The summed E-state index contributed by atoms with van der Waals surface area (Å²) in [5, 5.41) is 7.81. The van der Waals surface area contributed by atoms with Crippen LogP contribution in [0.4, 0.5) is 5.69 Å². The first-order valence-corrected chi connectivity index (χ1v) is 8.80. The highest BCUT2D eigenvalue weighted by molar-refractivity contribution is 6.39. The summed E-state index contributed by atoms with van der Waals surface area (Å²) in [5.41, 5.74) is 2.54. The zero-order chi connectivity index (χ0) is 18.5. The van der Waals surface area contributed by atoms with Crippen LogP contribution in [0, 0.1) is 0 Å². The highest BCUT2D eigenvalue weighted by atomic mass is 35.5. The molecule has 0 saturated carbocycles. The molecule has 0 aliphatic rings. The van der Waals surface area contributed by atoms with E-state index in [1.165, 1.54) is 0 Å². The van der Waals surface area contributed by atoms with E-state index in [0.717, 1.165) is 11.3 Å². The second-order valence-corrected chi connectivity index (χ2v) is 6.75. The molecule has 0 spiro atoms. The van der Waals surface area contributed by atoms with Crippen molar-refractivity contribution < 1.29 is 4.79 Å². The molecule has 5 nitrogen and oxygen atoms in total. The van der Waals surface area contributed by atoms with Crippen molar-refractivity contribution in [2.45, 2.75) is 6.54 Å². The fourth-order valence-corrected chi connectivity index (χ4v) is 3.08. The number of halogens is 2. The molecule has 0 radical (unpaired) electrons. The SMILES string of the molecule is CN(CC(=O)Nc1c(Cl)cccc1Cl)Cc1ccc(-n2cccn2)cc1. The molecule has 0 saturated heterocycles. The van der Waals surface area contributed by atoms with Crippen LogP contribution in [0.25, 0.3) is 5.69 Å². The minimum atomic E-state index is -0.171. The fraction of sp³-hybridized carbons (Fsp3) is 0.158. The number of hydrogen-bond donors (Lipinski definition) is 1. The smallest absolute Gasteiger partial charge is 0.238 e. The van der Waals surface area contributed by atoms with Crippen LogP contribution in [0.15, 0.2) is 60.9 Å². The zero-order valence-electron chi connectivity index (χ0n) is 14.2. The average Bonchev–Trinajstić information content (AvgIpc) is 3.13. The third-order valence-electron chi connectivity index (χ3n) is 3.80. The first-order chi connectivity index (χ1) is 12.5. The summed E-state index contributed by atoms with van der Waals surface area (Å²) >= 11 is 12.2. The van der Waals surface area contributed by atoms with Gasteiger partial charge in [-0.2, -0.15) is 5.10 Å². The molecule has 0 unspecified atom stereocenters. The van der Waals surface area contributed by atoms with Crippen LogP contribution >= 0.6 is 23.2 Å².